The van der Waals surface area contributed by atoms with Crippen LogP contribution >= 0.6 is 11.6 Å². The number of carbonyl (C=O) groups excluding carboxylic acids is 1. The molecule has 0 radical (unpaired) electrons. The minimum Gasteiger partial charge on any atom is -0.494 e. The summed E-state index contributed by atoms with van der Waals surface area (Å²) >= 11 is 6.10. The molecule has 28 heavy (non-hydrogen) atoms. The summed E-state index contributed by atoms with van der Waals surface area (Å²) < 4.78 is 33.2. The summed E-state index contributed by atoms with van der Waals surface area (Å²) in [5.41, 5.74) is 0.515. The highest BCUT2D eigenvalue weighted by molar-refractivity contribution is 7.92. The van der Waals surface area contributed by atoms with Crippen molar-refractivity contribution in [3.63, 3.8) is 0 Å². The van der Waals surface area contributed by atoms with Gasteiger partial charge in [-0.25, -0.2) is 8.42 Å². The minimum absolute atomic E-state index is 0.0419. The number of ether oxygens (including phenoxy) is 1. The lowest BCUT2D eigenvalue weighted by Gasteiger charge is -2.12. The van der Waals surface area contributed by atoms with Crippen LogP contribution in [0, 0.1) is 5.92 Å². The first kappa shape index (κ1) is 22.0. The van der Waals surface area contributed by atoms with Gasteiger partial charge in [-0.05, 0) is 61.7 Å². The van der Waals surface area contributed by atoms with E-state index < -0.39 is 15.9 Å². The van der Waals surface area contributed by atoms with Crippen molar-refractivity contribution in [2.24, 2.45) is 5.92 Å². The smallest absolute Gasteiger partial charge is 0.261 e. The van der Waals surface area contributed by atoms with Gasteiger partial charge >= 0.3 is 0 Å². The Hall–Kier alpha value is -2.25. The van der Waals surface area contributed by atoms with Gasteiger partial charge in [0.25, 0.3) is 15.9 Å². The van der Waals surface area contributed by atoms with E-state index >= 15 is 0 Å². The summed E-state index contributed by atoms with van der Waals surface area (Å²) in [5, 5.41) is 2.96. The van der Waals surface area contributed by atoms with Gasteiger partial charge in [0.05, 0.1) is 22.1 Å². The summed E-state index contributed by atoms with van der Waals surface area (Å²) in [7, 11) is -3.87. The van der Waals surface area contributed by atoms with Crippen molar-refractivity contribution >= 4 is 33.2 Å². The van der Waals surface area contributed by atoms with Crippen molar-refractivity contribution in [1.82, 2.24) is 5.32 Å². The zero-order chi connectivity index (χ0) is 20.7. The van der Waals surface area contributed by atoms with E-state index in [1.165, 1.54) is 18.2 Å². The van der Waals surface area contributed by atoms with E-state index in [1.807, 2.05) is 6.92 Å². The molecule has 0 aliphatic rings. The van der Waals surface area contributed by atoms with Crippen molar-refractivity contribution in [2.75, 3.05) is 17.9 Å². The van der Waals surface area contributed by atoms with Crippen LogP contribution in [0.2, 0.25) is 5.02 Å². The number of halogens is 1. The Morgan fingerprint density at radius 3 is 2.43 bits per heavy atom. The van der Waals surface area contributed by atoms with Crippen LogP contribution in [0.3, 0.4) is 0 Å². The van der Waals surface area contributed by atoms with Crippen molar-refractivity contribution in [3.05, 3.63) is 53.1 Å². The first-order chi connectivity index (χ1) is 13.2. The Morgan fingerprint density at radius 1 is 1.14 bits per heavy atom. The standard InChI is InChI=1S/C20H25ClN2O4S/c1-4-27-16-7-5-15(6-8-16)23-28(25,26)17-9-10-19(21)18(13-17)20(24)22-12-11-14(2)3/h5-10,13-14,23H,4,11-12H2,1-3H3,(H,22,24). The molecule has 0 saturated carbocycles. The molecule has 0 fully saturated rings. The number of benzene rings is 2. The van der Waals surface area contributed by atoms with Crippen molar-refractivity contribution in [3.8, 4) is 5.75 Å². The lowest BCUT2D eigenvalue weighted by atomic mass is 10.1. The molecular formula is C20H25ClN2O4S. The first-order valence-electron chi connectivity index (χ1n) is 9.06. The molecule has 0 unspecified atom stereocenters. The van der Waals surface area contributed by atoms with E-state index in [1.54, 1.807) is 24.3 Å². The maximum Gasteiger partial charge on any atom is 0.261 e. The number of nitrogens with one attached hydrogen (secondary N) is 2. The highest BCUT2D eigenvalue weighted by Crippen LogP contribution is 2.23. The van der Waals surface area contributed by atoms with Gasteiger partial charge < -0.3 is 10.1 Å². The van der Waals surface area contributed by atoms with Crippen LogP contribution in [0.1, 0.15) is 37.6 Å². The third-order valence-electron chi connectivity index (χ3n) is 3.92. The molecule has 0 heterocycles. The lowest BCUT2D eigenvalue weighted by Crippen LogP contribution is -2.26. The van der Waals surface area contributed by atoms with Crippen molar-refractivity contribution < 1.29 is 17.9 Å². The van der Waals surface area contributed by atoms with Crippen molar-refractivity contribution in [2.45, 2.75) is 32.1 Å². The zero-order valence-electron chi connectivity index (χ0n) is 16.2. The second kappa shape index (κ2) is 9.80. The number of anilines is 1. The van der Waals surface area contributed by atoms with E-state index in [9.17, 15) is 13.2 Å². The molecular weight excluding hydrogens is 400 g/mol. The van der Waals surface area contributed by atoms with Gasteiger partial charge in [-0.3, -0.25) is 9.52 Å². The zero-order valence-corrected chi connectivity index (χ0v) is 17.7. The Morgan fingerprint density at radius 2 is 1.82 bits per heavy atom. The Kier molecular flexibility index (Phi) is 7.71. The maximum absolute atomic E-state index is 12.7. The molecule has 0 bridgehead atoms. The average Bonchev–Trinajstić information content (AvgIpc) is 2.63. The SMILES string of the molecule is CCOc1ccc(NS(=O)(=O)c2ccc(Cl)c(C(=O)NCCC(C)C)c2)cc1. The summed E-state index contributed by atoms with van der Waals surface area (Å²) in [5.74, 6) is 0.696. The summed E-state index contributed by atoms with van der Waals surface area (Å²) in [6, 6.07) is 10.6. The fourth-order valence-electron chi connectivity index (χ4n) is 2.42. The minimum atomic E-state index is -3.87. The molecule has 1 amide bonds. The lowest BCUT2D eigenvalue weighted by molar-refractivity contribution is 0.0952. The van der Waals surface area contributed by atoms with Crippen LogP contribution in [-0.2, 0) is 10.0 Å². The molecule has 6 nitrogen and oxygen atoms in total. The molecule has 0 saturated heterocycles. The highest BCUT2D eigenvalue weighted by atomic mass is 35.5. The molecule has 0 atom stereocenters. The quantitative estimate of drug-likeness (QED) is 0.628. The molecule has 0 aromatic heterocycles. The predicted molar refractivity (Wildman–Crippen MR) is 112 cm³/mol. The molecule has 8 heteroatoms. The van der Waals surface area contributed by atoms with E-state index in [2.05, 4.69) is 23.9 Å². The van der Waals surface area contributed by atoms with Gasteiger partial charge in [0, 0.05) is 12.2 Å². The number of sulfonamides is 1. The van der Waals surface area contributed by atoms with Gasteiger partial charge in [-0.1, -0.05) is 25.4 Å². The predicted octanol–water partition coefficient (Wildman–Crippen LogP) is 4.32. The Labute approximate surface area is 171 Å². The first-order valence-corrected chi connectivity index (χ1v) is 10.9. The number of hydrogen-bond acceptors (Lipinski definition) is 4. The largest absolute Gasteiger partial charge is 0.494 e. The summed E-state index contributed by atoms with van der Waals surface area (Å²) in [6.07, 6.45) is 0.820. The van der Waals surface area contributed by atoms with Gasteiger partial charge in [-0.2, -0.15) is 0 Å². The normalized spacial score (nSPS) is 11.3. The molecule has 0 aliphatic heterocycles. The summed E-state index contributed by atoms with van der Waals surface area (Å²) in [6.45, 7) is 7.00. The molecule has 152 valence electrons. The van der Waals surface area contributed by atoms with E-state index in [0.29, 0.717) is 30.5 Å². The van der Waals surface area contributed by atoms with E-state index in [0.717, 1.165) is 6.42 Å². The van der Waals surface area contributed by atoms with E-state index in [-0.39, 0.29) is 15.5 Å². The monoisotopic (exact) mass is 424 g/mol. The van der Waals surface area contributed by atoms with Crippen LogP contribution in [0.15, 0.2) is 47.4 Å². The van der Waals surface area contributed by atoms with Gasteiger partial charge in [0.2, 0.25) is 0 Å². The van der Waals surface area contributed by atoms with Gasteiger partial charge in [0.1, 0.15) is 5.75 Å². The number of hydrogen-bond donors (Lipinski definition) is 2. The topological polar surface area (TPSA) is 84.5 Å². The molecule has 0 spiro atoms. The van der Waals surface area contributed by atoms with Crippen LogP contribution in [0.25, 0.3) is 0 Å². The molecule has 2 rings (SSSR count). The maximum atomic E-state index is 12.7. The second-order valence-corrected chi connectivity index (χ2v) is 8.73. The molecule has 2 N–H and O–H groups in total. The number of carbonyl (C=O) groups is 1. The van der Waals surface area contributed by atoms with Crippen LogP contribution in [0.4, 0.5) is 5.69 Å². The molecule has 2 aromatic rings. The molecule has 0 aliphatic carbocycles. The second-order valence-electron chi connectivity index (χ2n) is 6.64. The Bertz CT molecular complexity index is 912. The van der Waals surface area contributed by atoms with Gasteiger partial charge in [0.15, 0.2) is 0 Å². The number of amides is 1. The van der Waals surface area contributed by atoms with Crippen LogP contribution in [0.5, 0.6) is 5.75 Å². The van der Waals surface area contributed by atoms with Gasteiger partial charge in [-0.15, -0.1) is 0 Å². The number of rotatable bonds is 9. The van der Waals surface area contributed by atoms with Crippen molar-refractivity contribution in [1.29, 1.82) is 0 Å². The van der Waals surface area contributed by atoms with Crippen LogP contribution in [-0.4, -0.2) is 27.5 Å². The Balaban J connectivity index is 2.17. The highest BCUT2D eigenvalue weighted by Gasteiger charge is 2.19. The third kappa shape index (κ3) is 6.14. The average molecular weight is 425 g/mol. The molecule has 2 aromatic carbocycles. The van der Waals surface area contributed by atoms with E-state index in [4.69, 9.17) is 16.3 Å². The summed E-state index contributed by atoms with van der Waals surface area (Å²) in [4.78, 5) is 12.3. The third-order valence-corrected chi connectivity index (χ3v) is 5.63. The fraction of sp³-hybridized carbons (Fsp3) is 0.350. The van der Waals surface area contributed by atoms with Crippen LogP contribution < -0.4 is 14.8 Å². The fourth-order valence-corrected chi connectivity index (χ4v) is 3.70.